The first-order chi connectivity index (χ1) is 9.86. The van der Waals surface area contributed by atoms with Crippen molar-refractivity contribution in [3.63, 3.8) is 0 Å². The number of hydrogen-bond acceptors (Lipinski definition) is 5. The monoisotopic (exact) mass is 319 g/mol. The number of ether oxygens (including phenoxy) is 1. The normalized spacial score (nSPS) is 19.0. The minimum absolute atomic E-state index is 0.223. The summed E-state index contributed by atoms with van der Waals surface area (Å²) in [7, 11) is -3.24. The third-order valence-electron chi connectivity index (χ3n) is 3.49. The molecular weight excluding hydrogens is 304 g/mol. The van der Waals surface area contributed by atoms with E-state index in [4.69, 9.17) is 0 Å². The van der Waals surface area contributed by atoms with Gasteiger partial charge in [-0.25, -0.2) is 8.42 Å². The molecule has 0 aliphatic carbocycles. The van der Waals surface area contributed by atoms with E-state index in [-0.39, 0.29) is 11.9 Å². The molecule has 5 nitrogen and oxygen atoms in total. The smallest absolute Gasteiger partial charge is 0.341 e. The van der Waals surface area contributed by atoms with Crippen LogP contribution in [0.15, 0.2) is 29.2 Å². The van der Waals surface area contributed by atoms with Crippen LogP contribution in [0.5, 0.6) is 0 Å². The molecule has 1 saturated heterocycles. The lowest BCUT2D eigenvalue weighted by Gasteiger charge is -2.18. The number of benzene rings is 1. The maximum absolute atomic E-state index is 12.4. The van der Waals surface area contributed by atoms with Crippen molar-refractivity contribution in [1.29, 1.82) is 0 Å². The van der Waals surface area contributed by atoms with Gasteiger partial charge in [0.05, 0.1) is 17.9 Å². The molecule has 1 aromatic rings. The van der Waals surface area contributed by atoms with Crippen LogP contribution in [0.2, 0.25) is 0 Å². The van der Waals surface area contributed by atoms with Crippen LogP contribution in [0.3, 0.4) is 0 Å². The number of methoxy groups -OCH3 is 1. The van der Waals surface area contributed by atoms with E-state index < -0.39 is 20.5 Å². The van der Waals surface area contributed by atoms with Crippen LogP contribution in [0, 0.1) is 5.92 Å². The van der Waals surface area contributed by atoms with Gasteiger partial charge in [-0.3, -0.25) is 4.79 Å². The summed E-state index contributed by atoms with van der Waals surface area (Å²) in [6.45, 7) is 1.09. The fourth-order valence-electron chi connectivity index (χ4n) is 2.30. The number of rotatable bonds is 4. The highest BCUT2D eigenvalue weighted by Gasteiger charge is 2.30. The first-order valence-corrected chi connectivity index (χ1v) is 7.86. The molecule has 0 saturated carbocycles. The van der Waals surface area contributed by atoms with Gasteiger partial charge in [0, 0.05) is 18.8 Å². The average Bonchev–Trinajstić information content (AvgIpc) is 2.96. The Kier molecular flexibility index (Phi) is 4.46. The minimum Gasteiger partial charge on any atom is -0.469 e. The third kappa shape index (κ3) is 3.15. The average molecular weight is 319 g/mol. The van der Waals surface area contributed by atoms with Gasteiger partial charge in [0.2, 0.25) is 9.84 Å². The van der Waals surface area contributed by atoms with Crippen LogP contribution in [0.1, 0.15) is 6.42 Å². The molecule has 1 aromatic carbocycles. The zero-order valence-corrected chi connectivity index (χ0v) is 12.1. The van der Waals surface area contributed by atoms with E-state index in [0.717, 1.165) is 12.1 Å². The number of esters is 1. The summed E-state index contributed by atoms with van der Waals surface area (Å²) in [6, 6.07) is 5.24. The van der Waals surface area contributed by atoms with Crippen molar-refractivity contribution in [3.8, 4) is 0 Å². The number of hydrogen-bond donors (Lipinski definition) is 0. The van der Waals surface area contributed by atoms with Crippen molar-refractivity contribution in [2.45, 2.75) is 17.1 Å². The summed E-state index contributed by atoms with van der Waals surface area (Å²) in [5.74, 6) is -3.94. The zero-order valence-electron chi connectivity index (χ0n) is 11.3. The topological polar surface area (TPSA) is 63.7 Å². The molecule has 0 spiro atoms. The number of halogens is 2. The highest BCUT2D eigenvalue weighted by Crippen LogP contribution is 2.27. The molecule has 1 fully saturated rings. The molecule has 1 unspecified atom stereocenters. The molecule has 0 bridgehead atoms. The van der Waals surface area contributed by atoms with Crippen molar-refractivity contribution in [3.05, 3.63) is 24.3 Å². The van der Waals surface area contributed by atoms with Gasteiger partial charge in [0.25, 0.3) is 0 Å². The fraction of sp³-hybridized carbons (Fsp3) is 0.462. The maximum atomic E-state index is 12.4. The highest BCUT2D eigenvalue weighted by atomic mass is 32.2. The first-order valence-electron chi connectivity index (χ1n) is 6.31. The van der Waals surface area contributed by atoms with E-state index in [9.17, 15) is 22.0 Å². The van der Waals surface area contributed by atoms with Crippen molar-refractivity contribution in [1.82, 2.24) is 0 Å². The van der Waals surface area contributed by atoms with Gasteiger partial charge in [0.1, 0.15) is 0 Å². The van der Waals surface area contributed by atoms with E-state index >= 15 is 0 Å². The van der Waals surface area contributed by atoms with Crippen LogP contribution >= 0.6 is 0 Å². The summed E-state index contributed by atoms with van der Waals surface area (Å²) >= 11 is 0. The van der Waals surface area contributed by atoms with E-state index in [1.807, 2.05) is 4.90 Å². The Morgan fingerprint density at radius 1 is 1.33 bits per heavy atom. The molecule has 8 heteroatoms. The molecule has 0 aromatic heterocycles. The number of alkyl halides is 2. The molecule has 116 valence electrons. The lowest BCUT2D eigenvalue weighted by atomic mass is 10.1. The van der Waals surface area contributed by atoms with Gasteiger partial charge in [-0.05, 0) is 30.7 Å². The van der Waals surface area contributed by atoms with E-state index in [1.165, 1.54) is 19.2 Å². The Morgan fingerprint density at radius 3 is 2.48 bits per heavy atom. The predicted molar refractivity (Wildman–Crippen MR) is 72.0 cm³/mol. The Balaban J connectivity index is 2.12. The Bertz CT molecular complexity index is 616. The number of anilines is 1. The van der Waals surface area contributed by atoms with Crippen LogP contribution in [0.25, 0.3) is 0 Å². The largest absolute Gasteiger partial charge is 0.469 e. The Labute approximate surface area is 121 Å². The highest BCUT2D eigenvalue weighted by molar-refractivity contribution is 7.91. The van der Waals surface area contributed by atoms with Gasteiger partial charge in [0.15, 0.2) is 0 Å². The maximum Gasteiger partial charge on any atom is 0.341 e. The lowest BCUT2D eigenvalue weighted by Crippen LogP contribution is -2.23. The Hall–Kier alpha value is -1.70. The molecule has 1 heterocycles. The quantitative estimate of drug-likeness (QED) is 0.790. The molecule has 1 aliphatic rings. The Morgan fingerprint density at radius 2 is 1.95 bits per heavy atom. The zero-order chi connectivity index (χ0) is 15.6. The summed E-state index contributed by atoms with van der Waals surface area (Å²) in [4.78, 5) is 12.9. The first kappa shape index (κ1) is 15.7. The summed E-state index contributed by atoms with van der Waals surface area (Å²) in [5, 5.41) is 0. The van der Waals surface area contributed by atoms with Crippen LogP contribution in [0.4, 0.5) is 14.5 Å². The molecule has 0 N–H and O–H groups in total. The standard InChI is InChI=1S/C13H15F2NO4S/c1-20-12(17)9-6-7-16(8-9)10-2-4-11(5-3-10)21(18,19)13(14)15/h2-5,9,13H,6-8H2,1H3. The van der Waals surface area contributed by atoms with E-state index in [2.05, 4.69) is 4.74 Å². The molecule has 2 rings (SSSR count). The van der Waals surface area contributed by atoms with Gasteiger partial charge in [-0.1, -0.05) is 0 Å². The molecule has 1 atom stereocenters. The predicted octanol–water partition coefficient (Wildman–Crippen LogP) is 1.68. The van der Waals surface area contributed by atoms with Gasteiger partial charge in [-0.2, -0.15) is 8.78 Å². The van der Waals surface area contributed by atoms with Gasteiger partial charge < -0.3 is 9.64 Å². The second-order valence-electron chi connectivity index (χ2n) is 4.75. The summed E-state index contributed by atoms with van der Waals surface area (Å²) in [5.41, 5.74) is 0.689. The van der Waals surface area contributed by atoms with Crippen molar-refractivity contribution >= 4 is 21.5 Å². The van der Waals surface area contributed by atoms with Crippen molar-refractivity contribution in [2.75, 3.05) is 25.1 Å². The molecule has 0 radical (unpaired) electrons. The van der Waals surface area contributed by atoms with Crippen LogP contribution in [-0.2, 0) is 19.4 Å². The second kappa shape index (κ2) is 5.97. The van der Waals surface area contributed by atoms with Crippen molar-refractivity contribution < 1.29 is 26.7 Å². The van der Waals surface area contributed by atoms with E-state index in [0.29, 0.717) is 25.2 Å². The van der Waals surface area contributed by atoms with Crippen LogP contribution < -0.4 is 4.90 Å². The van der Waals surface area contributed by atoms with E-state index in [1.54, 1.807) is 0 Å². The lowest BCUT2D eigenvalue weighted by molar-refractivity contribution is -0.144. The molecular formula is C13H15F2NO4S. The number of carbonyl (C=O) groups is 1. The SMILES string of the molecule is COC(=O)C1CCN(c2ccc(S(=O)(=O)C(F)F)cc2)C1. The molecule has 0 amide bonds. The van der Waals surface area contributed by atoms with Crippen LogP contribution in [-0.4, -0.2) is 40.3 Å². The number of sulfone groups is 1. The number of carbonyl (C=O) groups excluding carboxylic acids is 1. The summed E-state index contributed by atoms with van der Waals surface area (Å²) in [6.07, 6.45) is 0.643. The fourth-order valence-corrected chi connectivity index (χ4v) is 3.02. The van der Waals surface area contributed by atoms with Gasteiger partial charge >= 0.3 is 11.7 Å². The number of nitrogens with zero attached hydrogens (tertiary/aromatic N) is 1. The molecule has 21 heavy (non-hydrogen) atoms. The van der Waals surface area contributed by atoms with Gasteiger partial charge in [-0.15, -0.1) is 0 Å². The summed E-state index contributed by atoms with van der Waals surface area (Å²) < 4.78 is 52.2. The minimum atomic E-state index is -4.57. The second-order valence-corrected chi connectivity index (χ2v) is 6.67. The molecule has 1 aliphatic heterocycles. The van der Waals surface area contributed by atoms with Crippen molar-refractivity contribution in [2.24, 2.45) is 5.92 Å². The third-order valence-corrected chi connectivity index (χ3v) is 4.89.